The highest BCUT2D eigenvalue weighted by atomic mass is 19.1. The van der Waals surface area contributed by atoms with E-state index in [1.54, 1.807) is 30.3 Å². The van der Waals surface area contributed by atoms with Gasteiger partial charge in [0.1, 0.15) is 23.6 Å². The minimum absolute atomic E-state index is 0.0223. The van der Waals surface area contributed by atoms with Crippen LogP contribution in [0.5, 0.6) is 11.5 Å². The van der Waals surface area contributed by atoms with Crippen LogP contribution in [0.25, 0.3) is 11.1 Å². The predicted molar refractivity (Wildman–Crippen MR) is 106 cm³/mol. The highest BCUT2D eigenvalue weighted by Gasteiger charge is 2.44. The molecule has 0 heterocycles. The van der Waals surface area contributed by atoms with Crippen molar-refractivity contribution in [3.63, 3.8) is 0 Å². The molecule has 0 bridgehead atoms. The van der Waals surface area contributed by atoms with Crippen LogP contribution in [0.2, 0.25) is 0 Å². The number of carbonyl (C=O) groups is 2. The normalized spacial score (nSPS) is 17.7. The van der Waals surface area contributed by atoms with Gasteiger partial charge in [-0.2, -0.15) is 0 Å². The number of rotatable bonds is 9. The molecular weight excluding hydrogens is 375 g/mol. The summed E-state index contributed by atoms with van der Waals surface area (Å²) in [5, 5.41) is 0. The van der Waals surface area contributed by atoms with Crippen molar-refractivity contribution in [2.75, 3.05) is 13.7 Å². The highest BCUT2D eigenvalue weighted by molar-refractivity contribution is 5.75. The molecule has 154 valence electrons. The third kappa shape index (κ3) is 5.13. The summed E-state index contributed by atoms with van der Waals surface area (Å²) < 4.78 is 30.7. The van der Waals surface area contributed by atoms with Crippen molar-refractivity contribution >= 4 is 12.3 Å². The van der Waals surface area contributed by atoms with Crippen molar-refractivity contribution in [1.29, 1.82) is 0 Å². The summed E-state index contributed by atoms with van der Waals surface area (Å²) in [6, 6.07) is 9.87. The Morgan fingerprint density at radius 3 is 2.72 bits per heavy atom. The van der Waals surface area contributed by atoms with E-state index in [0.29, 0.717) is 34.8 Å². The Morgan fingerprint density at radius 1 is 1.24 bits per heavy atom. The number of carbonyl (C=O) groups excluding carboxylic acids is 2. The summed E-state index contributed by atoms with van der Waals surface area (Å²) in [6.07, 6.45) is 1.65. The molecule has 29 heavy (non-hydrogen) atoms. The largest absolute Gasteiger partial charge is 0.493 e. The smallest absolute Gasteiger partial charge is 0.309 e. The van der Waals surface area contributed by atoms with Gasteiger partial charge in [0.05, 0.1) is 25.7 Å². The first-order valence-electron chi connectivity index (χ1n) is 9.66. The molecule has 1 saturated carbocycles. The topological polar surface area (TPSA) is 61.8 Å². The number of aldehydes is 1. The molecule has 0 aromatic heterocycles. The van der Waals surface area contributed by atoms with E-state index in [4.69, 9.17) is 14.2 Å². The maximum atomic E-state index is 14.4. The standard InChI is InChI=1S/C23H25FO5/c1-14(2)29-18-5-6-21(24)19(12-18)15-4-7-22(16(10-15)8-9-25)28-13-17-11-20(17)23(26)27-3/h4-7,9-10,12,14,17,20H,8,11,13H2,1-3H3. The third-order valence-electron chi connectivity index (χ3n) is 4.86. The van der Waals surface area contributed by atoms with E-state index in [9.17, 15) is 14.0 Å². The molecule has 2 aromatic rings. The zero-order chi connectivity index (χ0) is 21.0. The van der Waals surface area contributed by atoms with Gasteiger partial charge in [0.2, 0.25) is 0 Å². The molecule has 2 unspecified atom stereocenters. The highest BCUT2D eigenvalue weighted by Crippen LogP contribution is 2.40. The molecule has 0 N–H and O–H groups in total. The third-order valence-corrected chi connectivity index (χ3v) is 4.86. The van der Waals surface area contributed by atoms with Crippen molar-refractivity contribution in [3.8, 4) is 22.6 Å². The van der Waals surface area contributed by atoms with Gasteiger partial charge in [0.15, 0.2) is 0 Å². The zero-order valence-corrected chi connectivity index (χ0v) is 16.8. The van der Waals surface area contributed by atoms with E-state index < -0.39 is 0 Å². The lowest BCUT2D eigenvalue weighted by molar-refractivity contribution is -0.142. The summed E-state index contributed by atoms with van der Waals surface area (Å²) in [5.41, 5.74) is 1.71. The average molecular weight is 400 g/mol. The number of esters is 1. The molecule has 1 aliphatic carbocycles. The van der Waals surface area contributed by atoms with Gasteiger partial charge in [0, 0.05) is 23.5 Å². The van der Waals surface area contributed by atoms with Gasteiger partial charge in [-0.15, -0.1) is 0 Å². The molecule has 0 saturated heterocycles. The fourth-order valence-electron chi connectivity index (χ4n) is 3.28. The summed E-state index contributed by atoms with van der Waals surface area (Å²) in [6.45, 7) is 4.18. The second-order valence-corrected chi connectivity index (χ2v) is 7.44. The summed E-state index contributed by atoms with van der Waals surface area (Å²) in [4.78, 5) is 22.7. The Labute approximate surface area is 169 Å². The molecule has 5 nitrogen and oxygen atoms in total. The fourth-order valence-corrected chi connectivity index (χ4v) is 3.28. The van der Waals surface area contributed by atoms with Gasteiger partial charge in [-0.05, 0) is 56.2 Å². The van der Waals surface area contributed by atoms with Crippen molar-refractivity contribution in [1.82, 2.24) is 0 Å². The van der Waals surface area contributed by atoms with Crippen LogP contribution in [-0.2, 0) is 20.7 Å². The van der Waals surface area contributed by atoms with Gasteiger partial charge in [-0.1, -0.05) is 6.07 Å². The Bertz CT molecular complexity index is 893. The Morgan fingerprint density at radius 2 is 2.03 bits per heavy atom. The Hall–Kier alpha value is -2.89. The van der Waals surface area contributed by atoms with Crippen molar-refractivity contribution in [2.24, 2.45) is 11.8 Å². The molecule has 6 heteroatoms. The minimum Gasteiger partial charge on any atom is -0.493 e. The maximum absolute atomic E-state index is 14.4. The average Bonchev–Trinajstić information content (AvgIpc) is 3.47. The van der Waals surface area contributed by atoms with Gasteiger partial charge in [-0.25, -0.2) is 4.39 Å². The maximum Gasteiger partial charge on any atom is 0.309 e. The fraction of sp³-hybridized carbons (Fsp3) is 0.391. The number of benzene rings is 2. The number of hydrogen-bond donors (Lipinski definition) is 0. The van der Waals surface area contributed by atoms with E-state index in [2.05, 4.69) is 0 Å². The van der Waals surface area contributed by atoms with Gasteiger partial charge >= 0.3 is 5.97 Å². The summed E-state index contributed by atoms with van der Waals surface area (Å²) in [5.74, 6) is 0.550. The molecular formula is C23H25FO5. The first-order chi connectivity index (χ1) is 13.9. The predicted octanol–water partition coefficient (Wildman–Crippen LogP) is 4.21. The lowest BCUT2D eigenvalue weighted by Gasteiger charge is -2.14. The summed E-state index contributed by atoms with van der Waals surface area (Å²) in [7, 11) is 1.37. The SMILES string of the molecule is COC(=O)C1CC1COc1ccc(-c2cc(OC(C)C)ccc2F)cc1CC=O. The monoisotopic (exact) mass is 400 g/mol. The zero-order valence-electron chi connectivity index (χ0n) is 16.8. The number of halogens is 1. The van der Waals surface area contributed by atoms with Crippen LogP contribution in [0.4, 0.5) is 4.39 Å². The van der Waals surface area contributed by atoms with Crippen LogP contribution in [0, 0.1) is 17.7 Å². The van der Waals surface area contributed by atoms with Crippen LogP contribution in [0.1, 0.15) is 25.8 Å². The lowest BCUT2D eigenvalue weighted by atomic mass is 10.0. The second-order valence-electron chi connectivity index (χ2n) is 7.44. The quantitative estimate of drug-likeness (QED) is 0.466. The van der Waals surface area contributed by atoms with E-state index in [1.807, 2.05) is 13.8 Å². The molecule has 1 fully saturated rings. The summed E-state index contributed by atoms with van der Waals surface area (Å²) >= 11 is 0. The van der Waals surface area contributed by atoms with Crippen LogP contribution in [0.15, 0.2) is 36.4 Å². The molecule has 1 aliphatic rings. The van der Waals surface area contributed by atoms with Crippen LogP contribution in [-0.4, -0.2) is 32.1 Å². The van der Waals surface area contributed by atoms with Gasteiger partial charge in [0.25, 0.3) is 0 Å². The van der Waals surface area contributed by atoms with Crippen molar-refractivity contribution in [3.05, 3.63) is 47.8 Å². The second kappa shape index (κ2) is 9.07. The molecule has 3 rings (SSSR count). The molecule has 2 atom stereocenters. The van der Waals surface area contributed by atoms with Crippen LogP contribution < -0.4 is 9.47 Å². The molecule has 0 amide bonds. The van der Waals surface area contributed by atoms with E-state index in [1.165, 1.54) is 13.2 Å². The van der Waals surface area contributed by atoms with Crippen molar-refractivity contribution < 1.29 is 28.2 Å². The van der Waals surface area contributed by atoms with Gasteiger partial charge in [-0.3, -0.25) is 4.79 Å². The van der Waals surface area contributed by atoms with Crippen molar-refractivity contribution in [2.45, 2.75) is 32.8 Å². The van der Waals surface area contributed by atoms with Crippen LogP contribution >= 0.6 is 0 Å². The molecule has 0 radical (unpaired) electrons. The molecule has 2 aromatic carbocycles. The number of hydrogen-bond acceptors (Lipinski definition) is 5. The minimum atomic E-state index is -0.370. The van der Waals surface area contributed by atoms with Gasteiger partial charge < -0.3 is 19.0 Å². The van der Waals surface area contributed by atoms with E-state index in [0.717, 1.165) is 12.7 Å². The number of ether oxygens (including phenoxy) is 3. The number of methoxy groups -OCH3 is 1. The lowest BCUT2D eigenvalue weighted by Crippen LogP contribution is -2.09. The molecule has 0 aliphatic heterocycles. The molecule has 0 spiro atoms. The Balaban J connectivity index is 1.79. The Kier molecular flexibility index (Phi) is 6.52. The van der Waals surface area contributed by atoms with Crippen LogP contribution in [0.3, 0.4) is 0 Å². The van der Waals surface area contributed by atoms with E-state index >= 15 is 0 Å². The first-order valence-corrected chi connectivity index (χ1v) is 9.66. The first kappa shape index (κ1) is 20.8. The van der Waals surface area contributed by atoms with E-state index in [-0.39, 0.29) is 36.1 Å².